The highest BCUT2D eigenvalue weighted by Gasteiger charge is 2.51. The third kappa shape index (κ3) is 21.4. The van der Waals surface area contributed by atoms with Crippen molar-refractivity contribution < 1.29 is 64.6 Å². The Morgan fingerprint density at radius 2 is 1.14 bits per heavy atom. The average molecular weight is 846 g/mol. The van der Waals surface area contributed by atoms with Crippen molar-refractivity contribution in [2.75, 3.05) is 19.8 Å². The van der Waals surface area contributed by atoms with E-state index in [4.69, 9.17) is 18.9 Å². The van der Waals surface area contributed by atoms with Crippen LogP contribution in [0.3, 0.4) is 0 Å². The molecule has 12 atom stereocenters. The molecule has 2 fully saturated rings. The second kappa shape index (κ2) is 33.1. The minimum atomic E-state index is -1.78. The minimum Gasteiger partial charge on any atom is -0.394 e. The van der Waals surface area contributed by atoms with E-state index in [1.54, 1.807) is 0 Å². The molecule has 0 radical (unpaired) electrons. The molecule has 0 aromatic carbocycles. The van der Waals surface area contributed by atoms with E-state index in [1.807, 2.05) is 0 Å². The van der Waals surface area contributed by atoms with E-state index in [2.05, 4.69) is 43.5 Å². The molecule has 2 saturated heterocycles. The van der Waals surface area contributed by atoms with Crippen molar-refractivity contribution in [3.63, 3.8) is 0 Å². The van der Waals surface area contributed by atoms with Gasteiger partial charge in [0.15, 0.2) is 12.6 Å². The summed E-state index contributed by atoms with van der Waals surface area (Å²) in [6.07, 6.45) is 16.1. The predicted octanol–water partition coefficient (Wildman–Crippen LogP) is 4.60. The van der Waals surface area contributed by atoms with Gasteiger partial charge in [0.1, 0.15) is 48.8 Å². The monoisotopic (exact) mass is 846 g/mol. The number of carbonyl (C=O) groups excluding carboxylic acids is 1. The zero-order valence-electron chi connectivity index (χ0n) is 36.2. The molecule has 2 aliphatic rings. The maximum Gasteiger partial charge on any atom is 0.220 e. The summed E-state index contributed by atoms with van der Waals surface area (Å²) in [6.45, 7) is 2.76. The van der Waals surface area contributed by atoms with E-state index >= 15 is 0 Å². The van der Waals surface area contributed by atoms with Gasteiger partial charge in [-0.2, -0.15) is 0 Å². The van der Waals surface area contributed by atoms with Crippen LogP contribution in [0.1, 0.15) is 162 Å². The fourth-order valence-corrected chi connectivity index (χ4v) is 7.55. The zero-order chi connectivity index (χ0) is 43.3. The molecule has 12 unspecified atom stereocenters. The molecule has 0 aromatic rings. The minimum absolute atomic E-state index is 0.224. The lowest BCUT2D eigenvalue weighted by atomic mass is 9.97. The fraction of sp³-hybridized carbons (Fsp3) is 0.889. The predicted molar refractivity (Wildman–Crippen MR) is 226 cm³/mol. The van der Waals surface area contributed by atoms with Gasteiger partial charge in [-0.15, -0.1) is 0 Å². The SMILES string of the molecule is CCCC/C=C\C/C=C\CCCCCCCC(=O)NC(COC1OC(CO)C(OC2OC(CO)C(O)C(O)C2O)C(O)C1O)C(O)CCCCCCCCCCCCC. The first kappa shape index (κ1) is 53.6. The molecule has 0 aliphatic carbocycles. The molecule has 2 rings (SSSR count). The Bertz CT molecular complexity index is 1090. The van der Waals surface area contributed by atoms with Gasteiger partial charge in [-0.05, 0) is 38.5 Å². The van der Waals surface area contributed by atoms with E-state index in [-0.39, 0.29) is 18.9 Å². The Balaban J connectivity index is 1.89. The van der Waals surface area contributed by atoms with Gasteiger partial charge in [-0.25, -0.2) is 0 Å². The number of hydrogen-bond donors (Lipinski definition) is 9. The molecule has 2 aliphatic heterocycles. The number of ether oxygens (including phenoxy) is 4. The highest BCUT2D eigenvalue weighted by Crippen LogP contribution is 2.30. The standard InChI is InChI=1S/C45H83NO13/c1-3-5-7-9-11-13-15-16-17-19-21-23-25-27-29-37(50)46-33(34(49)28-26-24-22-20-18-14-12-10-8-6-4-2)32-56-44-42(55)40(53)43(36(31-48)58-44)59-45-41(54)39(52)38(51)35(30-47)57-45/h9,11,15-16,33-36,38-45,47-49,51-55H,3-8,10,12-14,17-32H2,1-2H3,(H,46,50)/b11-9-,16-15-. The first-order valence-electron chi connectivity index (χ1n) is 23.1. The van der Waals surface area contributed by atoms with Crippen LogP contribution in [0.5, 0.6) is 0 Å². The topological polar surface area (TPSA) is 228 Å². The summed E-state index contributed by atoms with van der Waals surface area (Å²) in [6, 6.07) is -0.831. The molecule has 14 heteroatoms. The van der Waals surface area contributed by atoms with Crippen molar-refractivity contribution in [2.24, 2.45) is 0 Å². The van der Waals surface area contributed by atoms with Crippen molar-refractivity contribution in [2.45, 2.75) is 235 Å². The third-order valence-electron chi connectivity index (χ3n) is 11.4. The Labute approximate surface area is 354 Å². The smallest absolute Gasteiger partial charge is 0.220 e. The molecule has 2 heterocycles. The number of amides is 1. The van der Waals surface area contributed by atoms with Crippen LogP contribution < -0.4 is 5.32 Å². The number of rotatable bonds is 34. The van der Waals surface area contributed by atoms with Crippen LogP contribution in [0.15, 0.2) is 24.3 Å². The number of aliphatic hydroxyl groups excluding tert-OH is 8. The number of aliphatic hydroxyl groups is 8. The molecule has 59 heavy (non-hydrogen) atoms. The van der Waals surface area contributed by atoms with Gasteiger partial charge < -0.3 is 65.1 Å². The maximum absolute atomic E-state index is 13.1. The molecule has 0 saturated carbocycles. The number of unbranched alkanes of at least 4 members (excludes halogenated alkanes) is 17. The van der Waals surface area contributed by atoms with Crippen LogP contribution in [0.4, 0.5) is 0 Å². The molecule has 14 nitrogen and oxygen atoms in total. The summed E-state index contributed by atoms with van der Waals surface area (Å²) in [4.78, 5) is 13.1. The molecule has 0 bridgehead atoms. The van der Waals surface area contributed by atoms with E-state index in [0.717, 1.165) is 70.6 Å². The van der Waals surface area contributed by atoms with E-state index < -0.39 is 86.8 Å². The van der Waals surface area contributed by atoms with E-state index in [0.29, 0.717) is 12.8 Å². The lowest BCUT2D eigenvalue weighted by Gasteiger charge is -2.46. The summed E-state index contributed by atoms with van der Waals surface area (Å²) in [7, 11) is 0. The first-order chi connectivity index (χ1) is 28.6. The van der Waals surface area contributed by atoms with Crippen LogP contribution in [-0.2, 0) is 23.7 Å². The normalized spacial score (nSPS) is 28.7. The summed E-state index contributed by atoms with van der Waals surface area (Å²) in [5, 5.41) is 86.6. The first-order valence-corrected chi connectivity index (χ1v) is 23.1. The van der Waals surface area contributed by atoms with Crippen molar-refractivity contribution in [3.05, 3.63) is 24.3 Å². The summed E-state index contributed by atoms with van der Waals surface area (Å²) in [5.41, 5.74) is 0. The van der Waals surface area contributed by atoms with Gasteiger partial charge in [0.05, 0.1) is 32.0 Å². The van der Waals surface area contributed by atoms with Crippen LogP contribution in [0, 0.1) is 0 Å². The molecule has 0 aromatic heterocycles. The molecule has 1 amide bonds. The van der Waals surface area contributed by atoms with Gasteiger partial charge in [-0.1, -0.05) is 141 Å². The maximum atomic E-state index is 13.1. The van der Waals surface area contributed by atoms with Crippen molar-refractivity contribution in [1.29, 1.82) is 0 Å². The molecule has 346 valence electrons. The average Bonchev–Trinajstić information content (AvgIpc) is 3.23. The fourth-order valence-electron chi connectivity index (χ4n) is 7.55. The van der Waals surface area contributed by atoms with Crippen LogP contribution in [0.25, 0.3) is 0 Å². The van der Waals surface area contributed by atoms with Gasteiger partial charge >= 0.3 is 0 Å². The van der Waals surface area contributed by atoms with Crippen LogP contribution in [-0.4, -0.2) is 140 Å². The lowest BCUT2D eigenvalue weighted by Crippen LogP contribution is -2.65. The number of allylic oxidation sites excluding steroid dienone is 4. The Hall–Kier alpha value is -1.53. The molecule has 0 spiro atoms. The summed E-state index contributed by atoms with van der Waals surface area (Å²) < 4.78 is 22.7. The molecule has 9 N–H and O–H groups in total. The van der Waals surface area contributed by atoms with Crippen molar-refractivity contribution in [3.8, 4) is 0 Å². The van der Waals surface area contributed by atoms with Gasteiger partial charge in [0.2, 0.25) is 5.91 Å². The van der Waals surface area contributed by atoms with Crippen molar-refractivity contribution >= 4 is 5.91 Å². The zero-order valence-corrected chi connectivity index (χ0v) is 36.2. The van der Waals surface area contributed by atoms with Gasteiger partial charge in [0, 0.05) is 6.42 Å². The lowest BCUT2D eigenvalue weighted by molar-refractivity contribution is -0.359. The van der Waals surface area contributed by atoms with E-state index in [9.17, 15) is 45.6 Å². The van der Waals surface area contributed by atoms with Crippen LogP contribution >= 0.6 is 0 Å². The van der Waals surface area contributed by atoms with Crippen molar-refractivity contribution in [1.82, 2.24) is 5.32 Å². The van der Waals surface area contributed by atoms with Crippen LogP contribution in [0.2, 0.25) is 0 Å². The molecular formula is C45H83NO13. The van der Waals surface area contributed by atoms with Gasteiger partial charge in [-0.3, -0.25) is 4.79 Å². The summed E-state index contributed by atoms with van der Waals surface area (Å²) in [5.74, 6) is -0.224. The third-order valence-corrected chi connectivity index (χ3v) is 11.4. The second-order valence-electron chi connectivity index (χ2n) is 16.5. The Morgan fingerprint density at radius 1 is 0.610 bits per heavy atom. The highest BCUT2D eigenvalue weighted by molar-refractivity contribution is 5.76. The second-order valence-corrected chi connectivity index (χ2v) is 16.5. The Kier molecular flexibility index (Phi) is 30.1. The quantitative estimate of drug-likeness (QED) is 0.0319. The van der Waals surface area contributed by atoms with Gasteiger partial charge in [0.25, 0.3) is 0 Å². The summed E-state index contributed by atoms with van der Waals surface area (Å²) >= 11 is 0. The van der Waals surface area contributed by atoms with E-state index in [1.165, 1.54) is 57.8 Å². The molecular weight excluding hydrogens is 762 g/mol. The number of carbonyl (C=O) groups is 1. The Morgan fingerprint density at radius 3 is 1.75 bits per heavy atom. The number of nitrogens with one attached hydrogen (secondary N) is 1. The highest BCUT2D eigenvalue weighted by atomic mass is 16.7. The largest absolute Gasteiger partial charge is 0.394 e. The number of hydrogen-bond acceptors (Lipinski definition) is 13.